The van der Waals surface area contributed by atoms with Crippen molar-refractivity contribution < 1.29 is 5.11 Å². The van der Waals surface area contributed by atoms with Crippen molar-refractivity contribution in [3.8, 4) is 0 Å². The van der Waals surface area contributed by atoms with E-state index in [-0.39, 0.29) is 6.10 Å². The van der Waals surface area contributed by atoms with Crippen molar-refractivity contribution in [3.63, 3.8) is 0 Å². The zero-order valence-electron chi connectivity index (χ0n) is 9.12. The Bertz CT molecular complexity index is 341. The van der Waals surface area contributed by atoms with Gasteiger partial charge in [-0.25, -0.2) is 0 Å². The summed E-state index contributed by atoms with van der Waals surface area (Å²) in [5, 5.41) is 9.45. The Hall–Kier alpha value is -0.820. The second-order valence-corrected chi connectivity index (χ2v) is 4.59. The van der Waals surface area contributed by atoms with Crippen LogP contribution < -0.4 is 0 Å². The lowest BCUT2D eigenvalue weighted by atomic mass is 10.0. The third-order valence-electron chi connectivity index (χ3n) is 3.42. The second kappa shape index (κ2) is 3.39. The topological polar surface area (TPSA) is 20.2 Å². The Kier molecular flexibility index (Phi) is 2.36. The molecule has 0 amide bonds. The molecule has 3 atom stereocenters. The first-order valence-corrected chi connectivity index (χ1v) is 5.35. The van der Waals surface area contributed by atoms with Gasteiger partial charge >= 0.3 is 0 Å². The fourth-order valence-corrected chi connectivity index (χ4v) is 2.13. The van der Waals surface area contributed by atoms with E-state index in [2.05, 4.69) is 32.0 Å². The van der Waals surface area contributed by atoms with Crippen molar-refractivity contribution in [2.24, 2.45) is 5.92 Å². The lowest BCUT2D eigenvalue weighted by Crippen LogP contribution is -2.03. The number of benzene rings is 1. The average molecular weight is 190 g/mol. The van der Waals surface area contributed by atoms with Crippen molar-refractivity contribution in [3.05, 3.63) is 34.9 Å². The summed E-state index contributed by atoms with van der Waals surface area (Å²) in [6, 6.07) is 6.65. The molecule has 0 bridgehead atoms. The smallest absolute Gasteiger partial charge is 0.0546 e. The number of hydrogen-bond acceptors (Lipinski definition) is 1. The molecule has 1 aliphatic carbocycles. The molecular weight excluding hydrogens is 172 g/mol. The molecule has 0 aliphatic heterocycles. The molecule has 0 spiro atoms. The summed E-state index contributed by atoms with van der Waals surface area (Å²) >= 11 is 0. The molecule has 0 radical (unpaired) electrons. The molecule has 1 saturated carbocycles. The van der Waals surface area contributed by atoms with Crippen LogP contribution in [0.15, 0.2) is 18.2 Å². The first-order valence-electron chi connectivity index (χ1n) is 5.35. The number of aryl methyl sites for hydroxylation is 2. The molecule has 0 saturated heterocycles. The van der Waals surface area contributed by atoms with Crippen LogP contribution in [0.4, 0.5) is 0 Å². The standard InChI is InChI=1S/C13H18O/c1-8-4-5-11(6-9(8)2)13-7-12(13)10(3)14/h4-6,10,12-14H,7H2,1-3H3/t10-,12+,13-/m0/s1. The van der Waals surface area contributed by atoms with E-state index in [1.807, 2.05) is 6.92 Å². The van der Waals surface area contributed by atoms with E-state index >= 15 is 0 Å². The van der Waals surface area contributed by atoms with Crippen molar-refractivity contribution in [2.45, 2.75) is 39.2 Å². The fourth-order valence-electron chi connectivity index (χ4n) is 2.13. The van der Waals surface area contributed by atoms with Gasteiger partial charge in [0.25, 0.3) is 0 Å². The molecule has 14 heavy (non-hydrogen) atoms. The van der Waals surface area contributed by atoms with Gasteiger partial charge in [-0.1, -0.05) is 18.2 Å². The van der Waals surface area contributed by atoms with Crippen LogP contribution in [0.25, 0.3) is 0 Å². The van der Waals surface area contributed by atoms with Gasteiger partial charge in [0.1, 0.15) is 0 Å². The minimum Gasteiger partial charge on any atom is -0.393 e. The van der Waals surface area contributed by atoms with Crippen molar-refractivity contribution in [1.82, 2.24) is 0 Å². The van der Waals surface area contributed by atoms with Gasteiger partial charge in [-0.15, -0.1) is 0 Å². The van der Waals surface area contributed by atoms with Crippen LogP contribution in [-0.4, -0.2) is 11.2 Å². The zero-order valence-corrected chi connectivity index (χ0v) is 9.12. The molecule has 1 nitrogen and oxygen atoms in total. The average Bonchev–Trinajstić information content (AvgIpc) is 2.89. The molecule has 1 heteroatoms. The molecular formula is C13H18O. The molecule has 1 aromatic carbocycles. The highest BCUT2D eigenvalue weighted by atomic mass is 16.3. The highest BCUT2D eigenvalue weighted by Gasteiger charge is 2.41. The molecule has 76 valence electrons. The first-order chi connectivity index (χ1) is 6.59. The minimum absolute atomic E-state index is 0.151. The monoisotopic (exact) mass is 190 g/mol. The van der Waals surface area contributed by atoms with E-state index in [0.717, 1.165) is 6.42 Å². The summed E-state index contributed by atoms with van der Waals surface area (Å²) in [7, 11) is 0. The Balaban J connectivity index is 2.16. The fraction of sp³-hybridized carbons (Fsp3) is 0.538. The lowest BCUT2D eigenvalue weighted by Gasteiger charge is -2.06. The van der Waals surface area contributed by atoms with Crippen LogP contribution in [0.2, 0.25) is 0 Å². The number of hydrogen-bond donors (Lipinski definition) is 1. The SMILES string of the molecule is Cc1ccc([C@@H]2C[C@@H]2[C@H](C)O)cc1C. The van der Waals surface area contributed by atoms with E-state index in [1.165, 1.54) is 16.7 Å². The minimum atomic E-state index is -0.151. The van der Waals surface area contributed by atoms with Crippen LogP contribution >= 0.6 is 0 Å². The molecule has 1 aliphatic rings. The number of rotatable bonds is 2. The quantitative estimate of drug-likeness (QED) is 0.760. The van der Waals surface area contributed by atoms with E-state index < -0.39 is 0 Å². The van der Waals surface area contributed by atoms with E-state index in [4.69, 9.17) is 0 Å². The van der Waals surface area contributed by atoms with Crippen LogP contribution in [0.5, 0.6) is 0 Å². The molecule has 0 unspecified atom stereocenters. The normalized spacial score (nSPS) is 27.4. The van der Waals surface area contributed by atoms with Crippen LogP contribution in [-0.2, 0) is 0 Å². The third-order valence-corrected chi connectivity index (χ3v) is 3.42. The van der Waals surface area contributed by atoms with Gasteiger partial charge in [0.15, 0.2) is 0 Å². The van der Waals surface area contributed by atoms with E-state index in [9.17, 15) is 5.11 Å². The maximum atomic E-state index is 9.45. The van der Waals surface area contributed by atoms with Gasteiger partial charge in [-0.05, 0) is 55.7 Å². The molecule has 2 rings (SSSR count). The van der Waals surface area contributed by atoms with Crippen molar-refractivity contribution in [1.29, 1.82) is 0 Å². The third kappa shape index (κ3) is 1.69. The Morgan fingerprint density at radius 1 is 1.29 bits per heavy atom. The molecule has 1 aromatic rings. The molecule has 0 heterocycles. The maximum Gasteiger partial charge on any atom is 0.0546 e. The highest BCUT2D eigenvalue weighted by molar-refractivity contribution is 5.34. The number of aliphatic hydroxyl groups excluding tert-OH is 1. The predicted molar refractivity (Wildman–Crippen MR) is 58.4 cm³/mol. The lowest BCUT2D eigenvalue weighted by molar-refractivity contribution is 0.169. The summed E-state index contributed by atoms with van der Waals surface area (Å²) in [5.74, 6) is 1.10. The first kappa shape index (κ1) is 9.72. The zero-order chi connectivity index (χ0) is 10.3. The van der Waals surface area contributed by atoms with Gasteiger partial charge in [0.2, 0.25) is 0 Å². The van der Waals surface area contributed by atoms with Gasteiger partial charge in [-0.3, -0.25) is 0 Å². The highest BCUT2D eigenvalue weighted by Crippen LogP contribution is 2.49. The summed E-state index contributed by atoms with van der Waals surface area (Å²) in [4.78, 5) is 0. The summed E-state index contributed by atoms with van der Waals surface area (Å²) in [5.41, 5.74) is 4.11. The Labute approximate surface area is 85.8 Å². The van der Waals surface area contributed by atoms with E-state index in [1.54, 1.807) is 0 Å². The van der Waals surface area contributed by atoms with Crippen LogP contribution in [0, 0.1) is 19.8 Å². The summed E-state index contributed by atoms with van der Waals surface area (Å²) in [6.45, 7) is 6.18. The molecule has 0 aromatic heterocycles. The number of aliphatic hydroxyl groups is 1. The Morgan fingerprint density at radius 3 is 2.50 bits per heavy atom. The van der Waals surface area contributed by atoms with Gasteiger partial charge in [-0.2, -0.15) is 0 Å². The maximum absolute atomic E-state index is 9.45. The van der Waals surface area contributed by atoms with Gasteiger partial charge in [0, 0.05) is 0 Å². The van der Waals surface area contributed by atoms with Crippen LogP contribution in [0.3, 0.4) is 0 Å². The van der Waals surface area contributed by atoms with E-state index in [0.29, 0.717) is 11.8 Å². The van der Waals surface area contributed by atoms with Crippen LogP contribution in [0.1, 0.15) is 36.0 Å². The van der Waals surface area contributed by atoms with Gasteiger partial charge < -0.3 is 5.11 Å². The Morgan fingerprint density at radius 2 is 2.00 bits per heavy atom. The summed E-state index contributed by atoms with van der Waals surface area (Å²) in [6.07, 6.45) is 1.00. The van der Waals surface area contributed by atoms with Crippen molar-refractivity contribution in [2.75, 3.05) is 0 Å². The predicted octanol–water partition coefficient (Wildman–Crippen LogP) is 2.79. The van der Waals surface area contributed by atoms with Crippen molar-refractivity contribution >= 4 is 0 Å². The molecule has 1 fully saturated rings. The summed E-state index contributed by atoms with van der Waals surface area (Å²) < 4.78 is 0. The molecule has 1 N–H and O–H groups in total. The second-order valence-electron chi connectivity index (χ2n) is 4.59. The largest absolute Gasteiger partial charge is 0.393 e. The van der Waals surface area contributed by atoms with Gasteiger partial charge in [0.05, 0.1) is 6.10 Å².